The van der Waals surface area contributed by atoms with E-state index in [9.17, 15) is 13.0 Å². The van der Waals surface area contributed by atoms with Crippen molar-refractivity contribution in [3.8, 4) is 23.0 Å². The van der Waals surface area contributed by atoms with Gasteiger partial charge in [-0.2, -0.15) is 0 Å². The highest BCUT2D eigenvalue weighted by atomic mass is 32.2. The largest absolute Gasteiger partial charge is 0.586 e. The lowest BCUT2D eigenvalue weighted by Crippen LogP contribution is -2.25. The highest BCUT2D eigenvalue weighted by Gasteiger charge is 2.43. The van der Waals surface area contributed by atoms with E-state index in [1.807, 2.05) is 30.3 Å². The molecule has 0 bridgehead atoms. The van der Waals surface area contributed by atoms with E-state index < -0.39 is 17.1 Å². The van der Waals surface area contributed by atoms with Crippen LogP contribution < -0.4 is 18.9 Å². The van der Waals surface area contributed by atoms with Crippen LogP contribution >= 0.6 is 0 Å². The molecule has 2 aromatic carbocycles. The Morgan fingerprint density at radius 3 is 2.61 bits per heavy atom. The van der Waals surface area contributed by atoms with Gasteiger partial charge in [0.1, 0.15) is 6.61 Å². The Morgan fingerprint density at radius 1 is 1.09 bits per heavy atom. The van der Waals surface area contributed by atoms with E-state index >= 15 is 0 Å². The summed E-state index contributed by atoms with van der Waals surface area (Å²) < 4.78 is 59.4. The van der Waals surface area contributed by atoms with Crippen molar-refractivity contribution in [2.75, 3.05) is 7.11 Å². The molecule has 5 rings (SSSR count). The Bertz CT molecular complexity index is 1300. The van der Waals surface area contributed by atoms with Gasteiger partial charge in [0.05, 0.1) is 46.6 Å². The van der Waals surface area contributed by atoms with Gasteiger partial charge in [-0.3, -0.25) is 9.19 Å². The number of hydrogen-bond donors (Lipinski definition) is 1. The molecule has 0 fully saturated rings. The maximum atomic E-state index is 13.2. The molecular weight excluding hydrogens is 456 g/mol. The fraction of sp³-hybridized carbons (Fsp3) is 0.182. The molecular formula is C22H17F2N3O5S. The number of halogens is 2. The zero-order valence-corrected chi connectivity index (χ0v) is 18.0. The standard InChI is InChI=1S/C22H17F2N3O5S/c1-29-20-10-25-14(7-17(20)30-11-13-5-3-2-4-6-13)12-33(28)21-26-15-8-18-19(9-16(15)27-21)32-22(23,24)31-18/h2-10H,11-12H2,1H3,(H,26,27). The van der Waals surface area contributed by atoms with E-state index in [4.69, 9.17) is 9.47 Å². The Labute approximate surface area is 188 Å². The van der Waals surface area contributed by atoms with Crippen LogP contribution in [-0.4, -0.2) is 32.6 Å². The number of aromatic nitrogens is 3. The number of pyridine rings is 1. The average molecular weight is 473 g/mol. The number of alkyl halides is 2. The first-order valence-electron chi connectivity index (χ1n) is 9.78. The van der Waals surface area contributed by atoms with Crippen LogP contribution in [0.2, 0.25) is 0 Å². The van der Waals surface area contributed by atoms with E-state index in [0.29, 0.717) is 34.8 Å². The van der Waals surface area contributed by atoms with E-state index in [0.717, 1.165) is 5.56 Å². The van der Waals surface area contributed by atoms with Crippen molar-refractivity contribution in [1.82, 2.24) is 15.0 Å². The van der Waals surface area contributed by atoms with Gasteiger partial charge in [0.25, 0.3) is 0 Å². The summed E-state index contributed by atoms with van der Waals surface area (Å²) in [5, 5.41) is 0.171. The smallest absolute Gasteiger partial charge is 0.491 e. The van der Waals surface area contributed by atoms with Gasteiger partial charge in [-0.15, -0.1) is 8.78 Å². The summed E-state index contributed by atoms with van der Waals surface area (Å²) in [6.07, 6.45) is -2.21. The molecule has 33 heavy (non-hydrogen) atoms. The zero-order chi connectivity index (χ0) is 23.0. The van der Waals surface area contributed by atoms with Crippen LogP contribution in [0.4, 0.5) is 8.78 Å². The number of nitrogens with zero attached hydrogens (tertiary/aromatic N) is 2. The lowest BCUT2D eigenvalue weighted by atomic mass is 10.2. The molecule has 1 unspecified atom stereocenters. The molecule has 1 N–H and O–H groups in total. The molecule has 1 atom stereocenters. The molecule has 0 amide bonds. The zero-order valence-electron chi connectivity index (χ0n) is 17.2. The quantitative estimate of drug-likeness (QED) is 0.430. The third-order valence-electron chi connectivity index (χ3n) is 4.82. The molecule has 2 aromatic heterocycles. The molecule has 0 radical (unpaired) electrons. The number of H-pyrrole nitrogens is 1. The Morgan fingerprint density at radius 2 is 1.85 bits per heavy atom. The van der Waals surface area contributed by atoms with Gasteiger partial charge in [0.2, 0.25) is 0 Å². The van der Waals surface area contributed by atoms with Gasteiger partial charge in [-0.05, 0) is 5.56 Å². The number of nitrogens with one attached hydrogen (secondary N) is 1. The monoisotopic (exact) mass is 473 g/mol. The lowest BCUT2D eigenvalue weighted by Gasteiger charge is -2.11. The van der Waals surface area contributed by atoms with Crippen LogP contribution in [0.15, 0.2) is 59.9 Å². The van der Waals surface area contributed by atoms with E-state index in [1.165, 1.54) is 25.4 Å². The van der Waals surface area contributed by atoms with Crippen molar-refractivity contribution in [3.63, 3.8) is 0 Å². The topological polar surface area (TPSA) is 95.6 Å². The molecule has 0 saturated carbocycles. The van der Waals surface area contributed by atoms with Crippen LogP contribution in [0, 0.1) is 0 Å². The minimum Gasteiger partial charge on any atom is -0.491 e. The second-order valence-electron chi connectivity index (χ2n) is 7.12. The highest BCUT2D eigenvalue weighted by molar-refractivity contribution is 7.84. The number of benzene rings is 2. The van der Waals surface area contributed by atoms with Gasteiger partial charge in [-0.1, -0.05) is 30.3 Å². The summed E-state index contributed by atoms with van der Waals surface area (Å²) in [7, 11) is -0.0784. The van der Waals surface area contributed by atoms with Crippen LogP contribution in [0.1, 0.15) is 11.3 Å². The number of methoxy groups -OCH3 is 1. The van der Waals surface area contributed by atoms with Gasteiger partial charge >= 0.3 is 6.29 Å². The minimum atomic E-state index is -3.72. The summed E-state index contributed by atoms with van der Waals surface area (Å²) in [6.45, 7) is 0.334. The molecule has 3 heterocycles. The Hall–Kier alpha value is -3.73. The molecule has 4 aromatic rings. The van der Waals surface area contributed by atoms with Gasteiger partial charge in [0, 0.05) is 18.2 Å². The first-order chi connectivity index (χ1) is 15.9. The van der Waals surface area contributed by atoms with E-state index in [2.05, 4.69) is 24.4 Å². The SMILES string of the molecule is COc1cnc(CS(=O)c2nc3cc4c(cc3[nH]2)OC(F)(F)O4)cc1OCc1ccccc1. The second-order valence-corrected chi connectivity index (χ2v) is 8.48. The molecule has 170 valence electrons. The summed E-state index contributed by atoms with van der Waals surface area (Å²) in [5.74, 6) is 0.727. The molecule has 0 saturated heterocycles. The van der Waals surface area contributed by atoms with Gasteiger partial charge < -0.3 is 23.9 Å². The summed E-state index contributed by atoms with van der Waals surface area (Å²) in [5.41, 5.74) is 2.22. The van der Waals surface area contributed by atoms with Crippen LogP contribution in [0.5, 0.6) is 23.0 Å². The summed E-state index contributed by atoms with van der Waals surface area (Å²) in [4.78, 5) is 11.4. The molecule has 8 nitrogen and oxygen atoms in total. The highest BCUT2D eigenvalue weighted by Crippen LogP contribution is 2.42. The molecule has 0 spiro atoms. The molecule has 1 aliphatic heterocycles. The van der Waals surface area contributed by atoms with Gasteiger partial charge in [-0.25, -0.2) is 4.98 Å². The predicted octanol–water partition coefficient (Wildman–Crippen LogP) is 4.17. The first-order valence-corrected chi connectivity index (χ1v) is 11.1. The second kappa shape index (κ2) is 8.32. The third-order valence-corrected chi connectivity index (χ3v) is 6.01. The van der Waals surface area contributed by atoms with E-state index in [-0.39, 0.29) is 22.4 Å². The average Bonchev–Trinajstić information content (AvgIpc) is 3.34. The van der Waals surface area contributed by atoms with Crippen molar-refractivity contribution < 1.29 is 31.9 Å². The Kier molecular flexibility index (Phi) is 5.33. The lowest BCUT2D eigenvalue weighted by molar-refractivity contribution is -0.286. The maximum absolute atomic E-state index is 13.2. The fourth-order valence-electron chi connectivity index (χ4n) is 3.29. The van der Waals surface area contributed by atoms with Crippen LogP contribution in [0.3, 0.4) is 0 Å². The third kappa shape index (κ3) is 4.44. The summed E-state index contributed by atoms with van der Waals surface area (Å²) in [6, 6.07) is 14.0. The number of rotatable bonds is 7. The fourth-order valence-corrected chi connectivity index (χ4v) is 4.27. The molecule has 0 aliphatic carbocycles. The molecule has 11 heteroatoms. The van der Waals surface area contributed by atoms with Crippen molar-refractivity contribution in [2.45, 2.75) is 23.8 Å². The summed E-state index contributed by atoms with van der Waals surface area (Å²) >= 11 is 0. The number of imidazole rings is 1. The van der Waals surface area contributed by atoms with Crippen molar-refractivity contribution in [2.24, 2.45) is 0 Å². The number of ether oxygens (including phenoxy) is 4. The van der Waals surface area contributed by atoms with Crippen molar-refractivity contribution in [3.05, 3.63) is 66.0 Å². The van der Waals surface area contributed by atoms with Crippen LogP contribution in [0.25, 0.3) is 11.0 Å². The van der Waals surface area contributed by atoms with E-state index in [1.54, 1.807) is 6.07 Å². The van der Waals surface area contributed by atoms with Crippen molar-refractivity contribution in [1.29, 1.82) is 0 Å². The van der Waals surface area contributed by atoms with Gasteiger partial charge in [0.15, 0.2) is 28.2 Å². The molecule has 1 aliphatic rings. The minimum absolute atomic E-state index is 0.0519. The number of fused-ring (bicyclic) bond motifs is 2. The number of hydrogen-bond acceptors (Lipinski definition) is 7. The van der Waals surface area contributed by atoms with Crippen molar-refractivity contribution >= 4 is 21.8 Å². The number of aromatic amines is 1. The normalized spacial score (nSPS) is 14.9. The first kappa shape index (κ1) is 21.1. The predicted molar refractivity (Wildman–Crippen MR) is 114 cm³/mol. The maximum Gasteiger partial charge on any atom is 0.586 e. The Balaban J connectivity index is 1.33. The van der Waals surface area contributed by atoms with Crippen LogP contribution in [-0.2, 0) is 23.2 Å².